The standard InChI is InChI=1S/C20H26N4O2S/c1-14-2-3-18(22-20(14)24-9-4-16(25)5-10-24)21-19(26)13-23-8-6-17-15(12-23)7-11-27-17/h2-3,7,11,16,25H,4-6,8-10,12-13H2,1H3,(H,21,22,26). The van der Waals surface area contributed by atoms with Crippen LogP contribution in [0.25, 0.3) is 0 Å². The summed E-state index contributed by atoms with van der Waals surface area (Å²) < 4.78 is 0. The number of aromatic nitrogens is 1. The molecule has 144 valence electrons. The molecular weight excluding hydrogens is 360 g/mol. The van der Waals surface area contributed by atoms with E-state index in [-0.39, 0.29) is 12.0 Å². The summed E-state index contributed by atoms with van der Waals surface area (Å²) in [6, 6.07) is 6.03. The van der Waals surface area contributed by atoms with Gasteiger partial charge in [0.2, 0.25) is 5.91 Å². The van der Waals surface area contributed by atoms with Crippen LogP contribution in [-0.2, 0) is 17.8 Å². The molecule has 7 heteroatoms. The number of hydrogen-bond donors (Lipinski definition) is 2. The minimum absolute atomic E-state index is 0.0231. The van der Waals surface area contributed by atoms with Crippen molar-refractivity contribution in [1.82, 2.24) is 9.88 Å². The lowest BCUT2D eigenvalue weighted by Gasteiger charge is -2.31. The highest BCUT2D eigenvalue weighted by Gasteiger charge is 2.21. The van der Waals surface area contributed by atoms with Crippen molar-refractivity contribution in [3.8, 4) is 0 Å². The first-order chi connectivity index (χ1) is 13.1. The van der Waals surface area contributed by atoms with E-state index in [9.17, 15) is 9.90 Å². The first-order valence-electron chi connectivity index (χ1n) is 9.56. The lowest BCUT2D eigenvalue weighted by Crippen LogP contribution is -2.37. The molecule has 0 spiro atoms. The molecule has 4 rings (SSSR count). The van der Waals surface area contributed by atoms with Crippen molar-refractivity contribution in [3.63, 3.8) is 0 Å². The highest BCUT2D eigenvalue weighted by Crippen LogP contribution is 2.25. The van der Waals surface area contributed by atoms with Gasteiger partial charge in [0.25, 0.3) is 0 Å². The van der Waals surface area contributed by atoms with Crippen LogP contribution in [0.2, 0.25) is 0 Å². The Morgan fingerprint density at radius 2 is 2.11 bits per heavy atom. The lowest BCUT2D eigenvalue weighted by atomic mass is 10.1. The molecule has 0 unspecified atom stereocenters. The maximum Gasteiger partial charge on any atom is 0.239 e. The van der Waals surface area contributed by atoms with Gasteiger partial charge in [0.1, 0.15) is 11.6 Å². The molecule has 1 fully saturated rings. The number of aryl methyl sites for hydroxylation is 1. The number of carbonyl (C=O) groups is 1. The minimum atomic E-state index is -0.210. The van der Waals surface area contributed by atoms with Gasteiger partial charge in [-0.1, -0.05) is 6.07 Å². The van der Waals surface area contributed by atoms with Crippen LogP contribution < -0.4 is 10.2 Å². The van der Waals surface area contributed by atoms with Crippen molar-refractivity contribution in [2.45, 2.75) is 38.8 Å². The maximum atomic E-state index is 12.5. The van der Waals surface area contributed by atoms with Crippen LogP contribution in [0.5, 0.6) is 0 Å². The monoisotopic (exact) mass is 386 g/mol. The van der Waals surface area contributed by atoms with Crippen LogP contribution in [0.15, 0.2) is 23.6 Å². The summed E-state index contributed by atoms with van der Waals surface area (Å²) in [6.45, 7) is 5.77. The second kappa shape index (κ2) is 7.96. The largest absolute Gasteiger partial charge is 0.393 e. The number of carbonyl (C=O) groups excluding carboxylic acids is 1. The van der Waals surface area contributed by atoms with Crippen LogP contribution in [0.4, 0.5) is 11.6 Å². The van der Waals surface area contributed by atoms with Gasteiger partial charge in [0.05, 0.1) is 12.6 Å². The van der Waals surface area contributed by atoms with Crippen LogP contribution in [-0.4, -0.2) is 53.2 Å². The zero-order valence-corrected chi connectivity index (χ0v) is 16.5. The molecule has 2 aliphatic rings. The zero-order valence-electron chi connectivity index (χ0n) is 15.6. The normalized spacial score (nSPS) is 18.4. The van der Waals surface area contributed by atoms with E-state index in [1.165, 1.54) is 10.4 Å². The summed E-state index contributed by atoms with van der Waals surface area (Å²) in [5.41, 5.74) is 2.44. The lowest BCUT2D eigenvalue weighted by molar-refractivity contribution is -0.117. The predicted octanol–water partition coefficient (Wildman–Crippen LogP) is 2.41. The highest BCUT2D eigenvalue weighted by molar-refractivity contribution is 7.10. The van der Waals surface area contributed by atoms with E-state index in [1.807, 2.05) is 30.4 Å². The van der Waals surface area contributed by atoms with Crippen molar-refractivity contribution < 1.29 is 9.90 Å². The number of thiophene rings is 1. The molecule has 0 aromatic carbocycles. The molecule has 1 saturated heterocycles. The fourth-order valence-corrected chi connectivity index (χ4v) is 4.70. The van der Waals surface area contributed by atoms with E-state index in [0.29, 0.717) is 12.4 Å². The molecular formula is C20H26N4O2S. The van der Waals surface area contributed by atoms with Crippen molar-refractivity contribution >= 4 is 28.9 Å². The smallest absolute Gasteiger partial charge is 0.239 e. The second-order valence-corrected chi connectivity index (χ2v) is 8.43. The van der Waals surface area contributed by atoms with E-state index < -0.39 is 0 Å². The van der Waals surface area contributed by atoms with Gasteiger partial charge >= 0.3 is 0 Å². The first kappa shape index (κ1) is 18.4. The quantitative estimate of drug-likeness (QED) is 0.845. The van der Waals surface area contributed by atoms with Gasteiger partial charge in [-0.15, -0.1) is 11.3 Å². The van der Waals surface area contributed by atoms with Crippen LogP contribution in [0.3, 0.4) is 0 Å². The molecule has 0 bridgehead atoms. The SMILES string of the molecule is Cc1ccc(NC(=O)CN2CCc3sccc3C2)nc1N1CCC(O)CC1. The number of aliphatic hydroxyl groups excluding tert-OH is 1. The van der Waals surface area contributed by atoms with Gasteiger partial charge in [0, 0.05) is 31.1 Å². The molecule has 27 heavy (non-hydrogen) atoms. The Balaban J connectivity index is 1.38. The summed E-state index contributed by atoms with van der Waals surface area (Å²) in [7, 11) is 0. The third-order valence-electron chi connectivity index (χ3n) is 5.36. The number of nitrogens with one attached hydrogen (secondary N) is 1. The summed E-state index contributed by atoms with van der Waals surface area (Å²) in [5, 5.41) is 14.8. The Kier molecular flexibility index (Phi) is 5.43. The van der Waals surface area contributed by atoms with E-state index >= 15 is 0 Å². The van der Waals surface area contributed by atoms with Gasteiger partial charge in [-0.05, 0) is 54.8 Å². The molecule has 1 amide bonds. The maximum absolute atomic E-state index is 12.5. The summed E-state index contributed by atoms with van der Waals surface area (Å²) in [6.07, 6.45) is 2.33. The Hall–Kier alpha value is -1.96. The number of amides is 1. The number of rotatable bonds is 4. The third kappa shape index (κ3) is 4.31. The molecule has 2 aromatic heterocycles. The number of piperidine rings is 1. The average molecular weight is 387 g/mol. The topological polar surface area (TPSA) is 68.7 Å². The molecule has 6 nitrogen and oxygen atoms in total. The summed E-state index contributed by atoms with van der Waals surface area (Å²) in [4.78, 5) is 23.0. The number of hydrogen-bond acceptors (Lipinski definition) is 6. The Morgan fingerprint density at radius 1 is 1.30 bits per heavy atom. The van der Waals surface area contributed by atoms with Crippen molar-refractivity contribution in [2.24, 2.45) is 0 Å². The van der Waals surface area contributed by atoms with Gasteiger partial charge in [-0.3, -0.25) is 9.69 Å². The number of pyridine rings is 1. The van der Waals surface area contributed by atoms with Crippen LogP contribution in [0.1, 0.15) is 28.8 Å². The molecule has 0 aliphatic carbocycles. The van der Waals surface area contributed by atoms with E-state index in [2.05, 4.69) is 31.5 Å². The Bertz CT molecular complexity index is 814. The van der Waals surface area contributed by atoms with Crippen molar-refractivity contribution in [3.05, 3.63) is 39.6 Å². The van der Waals surface area contributed by atoms with Gasteiger partial charge < -0.3 is 15.3 Å². The molecule has 2 aliphatic heterocycles. The fourth-order valence-electron chi connectivity index (χ4n) is 3.81. The summed E-state index contributed by atoms with van der Waals surface area (Å²) >= 11 is 1.81. The minimum Gasteiger partial charge on any atom is -0.393 e. The van der Waals surface area contributed by atoms with E-state index in [1.54, 1.807) is 0 Å². The number of nitrogens with zero attached hydrogens (tertiary/aromatic N) is 3. The highest BCUT2D eigenvalue weighted by atomic mass is 32.1. The van der Waals surface area contributed by atoms with Crippen LogP contribution >= 0.6 is 11.3 Å². The second-order valence-electron chi connectivity index (χ2n) is 7.43. The number of fused-ring (bicyclic) bond motifs is 1. The zero-order chi connectivity index (χ0) is 18.8. The first-order valence-corrected chi connectivity index (χ1v) is 10.4. The molecule has 2 aromatic rings. The predicted molar refractivity (Wildman–Crippen MR) is 108 cm³/mol. The average Bonchev–Trinajstić information content (AvgIpc) is 3.12. The molecule has 2 N–H and O–H groups in total. The Morgan fingerprint density at radius 3 is 2.93 bits per heavy atom. The molecule has 4 heterocycles. The van der Waals surface area contributed by atoms with Crippen molar-refractivity contribution in [2.75, 3.05) is 36.4 Å². The van der Waals surface area contributed by atoms with Crippen LogP contribution in [0, 0.1) is 6.92 Å². The third-order valence-corrected chi connectivity index (χ3v) is 6.38. The fraction of sp³-hybridized carbons (Fsp3) is 0.500. The Labute approximate surface area is 163 Å². The molecule has 0 saturated carbocycles. The van der Waals surface area contributed by atoms with Crippen molar-refractivity contribution in [1.29, 1.82) is 0 Å². The van der Waals surface area contributed by atoms with Gasteiger partial charge in [-0.25, -0.2) is 4.98 Å². The summed E-state index contributed by atoms with van der Waals surface area (Å²) in [5.74, 6) is 1.48. The van der Waals surface area contributed by atoms with E-state index in [0.717, 1.165) is 56.8 Å². The number of anilines is 2. The van der Waals surface area contributed by atoms with E-state index in [4.69, 9.17) is 0 Å². The van der Waals surface area contributed by atoms with Gasteiger partial charge in [0.15, 0.2) is 0 Å². The molecule has 0 radical (unpaired) electrons. The number of aliphatic hydroxyl groups is 1. The molecule has 0 atom stereocenters. The van der Waals surface area contributed by atoms with Gasteiger partial charge in [-0.2, -0.15) is 0 Å².